The minimum Gasteiger partial charge on any atom is -0.497 e. The van der Waals surface area contributed by atoms with Crippen LogP contribution in [0.4, 0.5) is 5.82 Å². The Morgan fingerprint density at radius 2 is 1.86 bits per heavy atom. The van der Waals surface area contributed by atoms with Crippen LogP contribution < -0.4 is 20.5 Å². The number of aromatic nitrogens is 4. The van der Waals surface area contributed by atoms with Crippen molar-refractivity contribution in [3.8, 4) is 17.0 Å². The highest BCUT2D eigenvalue weighted by molar-refractivity contribution is 5.79. The topological polar surface area (TPSA) is 102 Å². The number of hydrogen-bond donors (Lipinski definition) is 1. The molecule has 9 nitrogen and oxygen atoms in total. The quantitative estimate of drug-likeness (QED) is 0.545. The predicted molar refractivity (Wildman–Crippen MR) is 137 cm³/mol. The van der Waals surface area contributed by atoms with E-state index in [2.05, 4.69) is 25.3 Å². The molecule has 2 aliphatic rings. The predicted octanol–water partition coefficient (Wildman–Crippen LogP) is 2.62. The van der Waals surface area contributed by atoms with Crippen molar-refractivity contribution in [3.05, 3.63) is 64.3 Å². The highest BCUT2D eigenvalue weighted by atomic mass is 16.5. The Kier molecular flexibility index (Phi) is 7.25. The number of ether oxygens (including phenoxy) is 1. The van der Waals surface area contributed by atoms with Crippen LogP contribution in [0.2, 0.25) is 0 Å². The van der Waals surface area contributed by atoms with Gasteiger partial charge in [0.1, 0.15) is 17.9 Å². The molecule has 36 heavy (non-hydrogen) atoms. The van der Waals surface area contributed by atoms with Crippen LogP contribution in [0.3, 0.4) is 0 Å². The van der Waals surface area contributed by atoms with Gasteiger partial charge in [-0.3, -0.25) is 9.59 Å². The molecule has 9 heteroatoms. The fourth-order valence-electron chi connectivity index (χ4n) is 5.00. The van der Waals surface area contributed by atoms with Crippen LogP contribution in [-0.2, 0) is 24.2 Å². The van der Waals surface area contributed by atoms with Crippen LogP contribution >= 0.6 is 0 Å². The first-order chi connectivity index (χ1) is 17.6. The number of carbonyl (C=O) groups is 1. The van der Waals surface area contributed by atoms with Crippen LogP contribution in [0, 0.1) is 5.92 Å². The van der Waals surface area contributed by atoms with Crippen LogP contribution in [0.1, 0.15) is 36.9 Å². The standard InChI is InChI=1S/C27H32N6O3/c1-36-22-8-6-19(7-9-22)24-17-25(30-18-29-24)32-13-10-20(11-14-32)27(35)28-12-15-33-26(34)16-21-4-2-3-5-23(21)31-33/h6-9,16-18,20H,2-5,10-15H2,1H3,(H,28,35). The lowest BCUT2D eigenvalue weighted by molar-refractivity contribution is -0.125. The van der Waals surface area contributed by atoms with Gasteiger partial charge in [0.05, 0.1) is 25.0 Å². The summed E-state index contributed by atoms with van der Waals surface area (Å²) in [6.07, 6.45) is 7.19. The zero-order chi connectivity index (χ0) is 24.9. The van der Waals surface area contributed by atoms with Crippen molar-refractivity contribution in [2.75, 3.05) is 31.6 Å². The first kappa shape index (κ1) is 24.0. The Balaban J connectivity index is 1.12. The molecule has 1 aromatic carbocycles. The van der Waals surface area contributed by atoms with Crippen molar-refractivity contribution in [2.24, 2.45) is 5.92 Å². The molecule has 1 aliphatic heterocycles. The number of amides is 1. The molecule has 0 unspecified atom stereocenters. The summed E-state index contributed by atoms with van der Waals surface area (Å²) in [5.74, 6) is 1.67. The number of rotatable bonds is 7. The smallest absolute Gasteiger partial charge is 0.267 e. The lowest BCUT2D eigenvalue weighted by Crippen LogP contribution is -2.42. The van der Waals surface area contributed by atoms with Crippen LogP contribution in [-0.4, -0.2) is 52.4 Å². The summed E-state index contributed by atoms with van der Waals surface area (Å²) in [5.41, 5.74) is 3.88. The van der Waals surface area contributed by atoms with Crippen molar-refractivity contribution in [1.29, 1.82) is 0 Å². The summed E-state index contributed by atoms with van der Waals surface area (Å²) in [7, 11) is 1.65. The zero-order valence-corrected chi connectivity index (χ0v) is 20.7. The minimum atomic E-state index is -0.0860. The number of aryl methyl sites for hydroxylation is 2. The molecule has 5 rings (SSSR count). The van der Waals surface area contributed by atoms with Gasteiger partial charge in [0.25, 0.3) is 5.56 Å². The first-order valence-corrected chi connectivity index (χ1v) is 12.7. The number of anilines is 1. The third-order valence-electron chi connectivity index (χ3n) is 7.12. The van der Waals surface area contributed by atoms with E-state index in [4.69, 9.17) is 4.74 Å². The van der Waals surface area contributed by atoms with E-state index in [0.29, 0.717) is 13.1 Å². The van der Waals surface area contributed by atoms with Gasteiger partial charge in [0, 0.05) is 43.2 Å². The number of fused-ring (bicyclic) bond motifs is 1. The van der Waals surface area contributed by atoms with E-state index in [-0.39, 0.29) is 17.4 Å². The SMILES string of the molecule is COc1ccc(-c2cc(N3CCC(C(=O)NCCn4nc5c(cc4=O)CCCC5)CC3)ncn2)cc1. The average Bonchev–Trinajstić information content (AvgIpc) is 2.93. The molecular formula is C27H32N6O3. The molecule has 3 heterocycles. The number of benzene rings is 1. The highest BCUT2D eigenvalue weighted by Crippen LogP contribution is 2.26. The Morgan fingerprint density at radius 3 is 2.64 bits per heavy atom. The molecule has 1 aliphatic carbocycles. The molecule has 0 bridgehead atoms. The second kappa shape index (κ2) is 10.9. The fourth-order valence-corrected chi connectivity index (χ4v) is 5.00. The molecule has 188 valence electrons. The van der Waals surface area contributed by atoms with E-state index in [1.54, 1.807) is 19.5 Å². The van der Waals surface area contributed by atoms with E-state index in [0.717, 1.165) is 85.7 Å². The zero-order valence-electron chi connectivity index (χ0n) is 20.7. The second-order valence-electron chi connectivity index (χ2n) is 9.43. The highest BCUT2D eigenvalue weighted by Gasteiger charge is 2.26. The Morgan fingerprint density at radius 1 is 1.08 bits per heavy atom. The second-order valence-corrected chi connectivity index (χ2v) is 9.43. The Hall–Kier alpha value is -3.75. The Bertz CT molecular complexity index is 1270. The first-order valence-electron chi connectivity index (χ1n) is 12.7. The van der Waals surface area contributed by atoms with Crippen LogP contribution in [0.25, 0.3) is 11.3 Å². The number of nitrogens with one attached hydrogen (secondary N) is 1. The molecule has 2 aromatic heterocycles. The number of carbonyl (C=O) groups excluding carboxylic acids is 1. The van der Waals surface area contributed by atoms with Gasteiger partial charge in [-0.2, -0.15) is 5.10 Å². The molecule has 0 radical (unpaired) electrons. The molecule has 3 aromatic rings. The molecule has 1 N–H and O–H groups in total. The molecule has 0 spiro atoms. The number of hydrogen-bond acceptors (Lipinski definition) is 7. The summed E-state index contributed by atoms with van der Waals surface area (Å²) in [5, 5.41) is 7.54. The maximum absolute atomic E-state index is 12.8. The van der Waals surface area contributed by atoms with E-state index in [1.807, 2.05) is 30.3 Å². The third-order valence-corrected chi connectivity index (χ3v) is 7.12. The van der Waals surface area contributed by atoms with Crippen molar-refractivity contribution >= 4 is 11.7 Å². The number of piperidine rings is 1. The van der Waals surface area contributed by atoms with Crippen molar-refractivity contribution < 1.29 is 9.53 Å². The van der Waals surface area contributed by atoms with E-state index < -0.39 is 0 Å². The molecule has 1 amide bonds. The summed E-state index contributed by atoms with van der Waals surface area (Å²) < 4.78 is 6.72. The maximum atomic E-state index is 12.8. The summed E-state index contributed by atoms with van der Waals surface area (Å²) in [6, 6.07) is 11.5. The average molecular weight is 489 g/mol. The van der Waals surface area contributed by atoms with Gasteiger partial charge in [-0.05, 0) is 68.4 Å². The lowest BCUT2D eigenvalue weighted by atomic mass is 9.96. The molecule has 1 saturated heterocycles. The van der Waals surface area contributed by atoms with Gasteiger partial charge in [-0.15, -0.1) is 0 Å². The van der Waals surface area contributed by atoms with Gasteiger partial charge < -0.3 is 15.0 Å². The van der Waals surface area contributed by atoms with Crippen molar-refractivity contribution in [3.63, 3.8) is 0 Å². The minimum absolute atomic E-state index is 0.0438. The van der Waals surface area contributed by atoms with E-state index in [9.17, 15) is 9.59 Å². The maximum Gasteiger partial charge on any atom is 0.267 e. The van der Waals surface area contributed by atoms with Gasteiger partial charge in [-0.1, -0.05) is 0 Å². The van der Waals surface area contributed by atoms with Gasteiger partial charge in [0.15, 0.2) is 0 Å². The van der Waals surface area contributed by atoms with Gasteiger partial charge in [0.2, 0.25) is 5.91 Å². The monoisotopic (exact) mass is 488 g/mol. The largest absolute Gasteiger partial charge is 0.497 e. The molecule has 0 saturated carbocycles. The molecule has 1 fully saturated rings. The van der Waals surface area contributed by atoms with Crippen molar-refractivity contribution in [2.45, 2.75) is 45.1 Å². The number of methoxy groups -OCH3 is 1. The van der Waals surface area contributed by atoms with Crippen LogP contribution in [0.15, 0.2) is 47.5 Å². The van der Waals surface area contributed by atoms with Gasteiger partial charge in [-0.25, -0.2) is 14.6 Å². The van der Waals surface area contributed by atoms with Crippen LogP contribution in [0.5, 0.6) is 5.75 Å². The van der Waals surface area contributed by atoms with Crippen molar-refractivity contribution in [1.82, 2.24) is 25.1 Å². The molecular weight excluding hydrogens is 456 g/mol. The fraction of sp³-hybridized carbons (Fsp3) is 0.444. The lowest BCUT2D eigenvalue weighted by Gasteiger charge is -2.32. The molecule has 0 atom stereocenters. The Labute approximate surface area is 210 Å². The summed E-state index contributed by atoms with van der Waals surface area (Å²) >= 11 is 0. The summed E-state index contributed by atoms with van der Waals surface area (Å²) in [4.78, 5) is 36.2. The summed E-state index contributed by atoms with van der Waals surface area (Å²) in [6.45, 7) is 2.31. The third kappa shape index (κ3) is 5.40. The van der Waals surface area contributed by atoms with E-state index in [1.165, 1.54) is 4.68 Å². The normalized spacial score (nSPS) is 15.9. The van der Waals surface area contributed by atoms with E-state index >= 15 is 0 Å². The number of nitrogens with zero attached hydrogens (tertiary/aromatic N) is 5. The van der Waals surface area contributed by atoms with Gasteiger partial charge >= 0.3 is 0 Å².